The zero-order valence-corrected chi connectivity index (χ0v) is 11.1. The van der Waals surface area contributed by atoms with Crippen LogP contribution >= 0.6 is 0 Å². The minimum atomic E-state index is -4.44. The summed E-state index contributed by atoms with van der Waals surface area (Å²) in [5.74, 6) is -3.94. The average molecular weight is 274 g/mol. The molecule has 0 heterocycles. The molecular formula is C14H17F3O2. The van der Waals surface area contributed by atoms with Crippen LogP contribution in [0.25, 0.3) is 0 Å². The highest BCUT2D eigenvalue weighted by molar-refractivity contribution is 5.78. The van der Waals surface area contributed by atoms with E-state index in [1.807, 2.05) is 6.92 Å². The van der Waals surface area contributed by atoms with Gasteiger partial charge in [-0.25, -0.2) is 0 Å². The third kappa shape index (κ3) is 3.98. The van der Waals surface area contributed by atoms with Crippen LogP contribution in [-0.4, -0.2) is 18.8 Å². The number of rotatable bonds is 4. The average Bonchev–Trinajstić information content (AvgIpc) is 2.31. The molecule has 19 heavy (non-hydrogen) atoms. The van der Waals surface area contributed by atoms with E-state index in [0.29, 0.717) is 5.56 Å². The maximum atomic E-state index is 12.9. The second-order valence-corrected chi connectivity index (χ2v) is 4.47. The molecule has 0 saturated heterocycles. The van der Waals surface area contributed by atoms with Gasteiger partial charge < -0.3 is 4.74 Å². The van der Waals surface area contributed by atoms with Crippen LogP contribution < -0.4 is 0 Å². The molecule has 2 atom stereocenters. The Bertz CT molecular complexity index is 423. The minimum Gasteiger partial charge on any atom is -0.466 e. The molecule has 0 aliphatic heterocycles. The van der Waals surface area contributed by atoms with Crippen molar-refractivity contribution in [3.05, 3.63) is 35.4 Å². The Labute approximate surface area is 110 Å². The molecule has 1 aromatic carbocycles. The Morgan fingerprint density at radius 1 is 1.26 bits per heavy atom. The number of benzene rings is 1. The van der Waals surface area contributed by atoms with Gasteiger partial charge in [-0.3, -0.25) is 4.79 Å². The first-order valence-electron chi connectivity index (χ1n) is 6.07. The summed E-state index contributed by atoms with van der Waals surface area (Å²) in [5, 5.41) is 0. The summed E-state index contributed by atoms with van der Waals surface area (Å²) >= 11 is 0. The molecule has 0 amide bonds. The number of halogens is 3. The molecule has 0 aliphatic rings. The lowest BCUT2D eigenvalue weighted by atomic mass is 9.86. The van der Waals surface area contributed by atoms with Crippen molar-refractivity contribution in [1.82, 2.24) is 0 Å². The predicted molar refractivity (Wildman–Crippen MR) is 65.8 cm³/mol. The van der Waals surface area contributed by atoms with Crippen molar-refractivity contribution >= 4 is 5.97 Å². The third-order valence-corrected chi connectivity index (χ3v) is 2.99. The number of carbonyl (C=O) groups excluding carboxylic acids is 1. The van der Waals surface area contributed by atoms with E-state index >= 15 is 0 Å². The van der Waals surface area contributed by atoms with E-state index < -0.39 is 24.0 Å². The molecule has 0 bridgehead atoms. The zero-order chi connectivity index (χ0) is 14.6. The van der Waals surface area contributed by atoms with Crippen molar-refractivity contribution in [3.63, 3.8) is 0 Å². The summed E-state index contributed by atoms with van der Waals surface area (Å²) in [6.45, 7) is 4.46. The second-order valence-electron chi connectivity index (χ2n) is 4.47. The lowest BCUT2D eigenvalue weighted by molar-refractivity contribution is -0.185. The fourth-order valence-electron chi connectivity index (χ4n) is 1.82. The van der Waals surface area contributed by atoms with E-state index in [2.05, 4.69) is 0 Å². The normalized spacial score (nSPS) is 14.8. The van der Waals surface area contributed by atoms with E-state index in [9.17, 15) is 18.0 Å². The van der Waals surface area contributed by atoms with Gasteiger partial charge in [0.15, 0.2) is 0 Å². The quantitative estimate of drug-likeness (QED) is 0.780. The Kier molecular flexibility index (Phi) is 4.97. The summed E-state index contributed by atoms with van der Waals surface area (Å²) in [7, 11) is 0. The highest BCUT2D eigenvalue weighted by Crippen LogP contribution is 2.38. The van der Waals surface area contributed by atoms with Crippen molar-refractivity contribution < 1.29 is 22.7 Å². The van der Waals surface area contributed by atoms with Crippen LogP contribution in [0.2, 0.25) is 0 Å². The molecule has 0 aromatic heterocycles. The number of aryl methyl sites for hydroxylation is 1. The standard InChI is InChI=1S/C14H17F3O2/c1-4-19-13(18)12(10(3)14(15,16)17)11-7-5-9(2)6-8-11/h5-8,10,12H,4H2,1-3H3. The summed E-state index contributed by atoms with van der Waals surface area (Å²) in [6, 6.07) is 6.45. The Morgan fingerprint density at radius 2 is 1.79 bits per heavy atom. The van der Waals surface area contributed by atoms with Gasteiger partial charge in [0, 0.05) is 0 Å². The molecule has 2 nitrogen and oxygen atoms in total. The highest BCUT2D eigenvalue weighted by atomic mass is 19.4. The Morgan fingerprint density at radius 3 is 2.21 bits per heavy atom. The van der Waals surface area contributed by atoms with Crippen LogP contribution in [0.1, 0.15) is 30.9 Å². The monoisotopic (exact) mass is 274 g/mol. The van der Waals surface area contributed by atoms with Crippen LogP contribution in [0.15, 0.2) is 24.3 Å². The fourth-order valence-corrected chi connectivity index (χ4v) is 1.82. The molecule has 1 aromatic rings. The molecule has 0 saturated carbocycles. The molecule has 5 heteroatoms. The van der Waals surface area contributed by atoms with Crippen LogP contribution in [-0.2, 0) is 9.53 Å². The van der Waals surface area contributed by atoms with Crippen LogP contribution in [0, 0.1) is 12.8 Å². The molecule has 1 rings (SSSR count). The molecule has 0 aliphatic carbocycles. The number of esters is 1. The van der Waals surface area contributed by atoms with Gasteiger partial charge in [0.2, 0.25) is 0 Å². The van der Waals surface area contributed by atoms with Crippen molar-refractivity contribution in [2.75, 3.05) is 6.61 Å². The van der Waals surface area contributed by atoms with E-state index in [1.54, 1.807) is 31.2 Å². The molecule has 2 unspecified atom stereocenters. The molecule has 0 fully saturated rings. The maximum Gasteiger partial charge on any atom is 0.392 e. The third-order valence-electron chi connectivity index (χ3n) is 2.99. The summed E-state index contributed by atoms with van der Waals surface area (Å²) < 4.78 is 43.3. The number of hydrogen-bond donors (Lipinski definition) is 0. The van der Waals surface area contributed by atoms with Crippen LogP contribution in [0.4, 0.5) is 13.2 Å². The maximum absolute atomic E-state index is 12.9. The number of carbonyl (C=O) groups is 1. The van der Waals surface area contributed by atoms with E-state index in [4.69, 9.17) is 4.74 Å². The highest BCUT2D eigenvalue weighted by Gasteiger charge is 2.45. The van der Waals surface area contributed by atoms with Crippen molar-refractivity contribution in [2.24, 2.45) is 5.92 Å². The first-order chi connectivity index (χ1) is 8.77. The minimum absolute atomic E-state index is 0.0613. The van der Waals surface area contributed by atoms with Gasteiger partial charge >= 0.3 is 12.1 Å². The van der Waals surface area contributed by atoms with Crippen LogP contribution in [0.5, 0.6) is 0 Å². The molecule has 106 valence electrons. The Hall–Kier alpha value is -1.52. The SMILES string of the molecule is CCOC(=O)C(c1ccc(C)cc1)C(C)C(F)(F)F. The van der Waals surface area contributed by atoms with Gasteiger partial charge in [-0.05, 0) is 19.4 Å². The van der Waals surface area contributed by atoms with Crippen molar-refractivity contribution in [2.45, 2.75) is 32.9 Å². The lowest BCUT2D eigenvalue weighted by Crippen LogP contribution is -2.32. The molecule has 0 radical (unpaired) electrons. The Balaban J connectivity index is 3.12. The first-order valence-corrected chi connectivity index (χ1v) is 6.07. The molecule has 0 spiro atoms. The predicted octanol–water partition coefficient (Wildman–Crippen LogP) is 3.84. The molecular weight excluding hydrogens is 257 g/mol. The van der Waals surface area contributed by atoms with E-state index in [-0.39, 0.29) is 6.61 Å². The largest absolute Gasteiger partial charge is 0.466 e. The number of hydrogen-bond acceptors (Lipinski definition) is 2. The van der Waals surface area contributed by atoms with Gasteiger partial charge in [0.05, 0.1) is 18.4 Å². The summed E-state index contributed by atoms with van der Waals surface area (Å²) in [4.78, 5) is 11.8. The molecule has 0 N–H and O–H groups in total. The van der Waals surface area contributed by atoms with Crippen molar-refractivity contribution in [3.8, 4) is 0 Å². The number of alkyl halides is 3. The van der Waals surface area contributed by atoms with Crippen molar-refractivity contribution in [1.29, 1.82) is 0 Å². The topological polar surface area (TPSA) is 26.3 Å². The van der Waals surface area contributed by atoms with Gasteiger partial charge in [0.25, 0.3) is 0 Å². The van der Waals surface area contributed by atoms with E-state index in [1.165, 1.54) is 0 Å². The smallest absolute Gasteiger partial charge is 0.392 e. The fraction of sp³-hybridized carbons (Fsp3) is 0.500. The first kappa shape index (κ1) is 15.5. The lowest BCUT2D eigenvalue weighted by Gasteiger charge is -2.24. The van der Waals surface area contributed by atoms with Gasteiger partial charge in [-0.15, -0.1) is 0 Å². The second kappa shape index (κ2) is 6.08. The van der Waals surface area contributed by atoms with Gasteiger partial charge in [-0.1, -0.05) is 36.8 Å². The summed E-state index contributed by atoms with van der Waals surface area (Å²) in [6.07, 6.45) is -4.44. The summed E-state index contributed by atoms with van der Waals surface area (Å²) in [5.41, 5.74) is 1.25. The van der Waals surface area contributed by atoms with Gasteiger partial charge in [-0.2, -0.15) is 13.2 Å². The van der Waals surface area contributed by atoms with Gasteiger partial charge in [0.1, 0.15) is 0 Å². The van der Waals surface area contributed by atoms with E-state index in [0.717, 1.165) is 12.5 Å². The zero-order valence-electron chi connectivity index (χ0n) is 11.1. The number of ether oxygens (including phenoxy) is 1. The van der Waals surface area contributed by atoms with Crippen LogP contribution in [0.3, 0.4) is 0 Å².